The first-order chi connectivity index (χ1) is 10.0. The number of piperidine rings is 1. The van der Waals surface area contributed by atoms with Crippen LogP contribution in [0.4, 0.5) is 0 Å². The van der Waals surface area contributed by atoms with Crippen molar-refractivity contribution in [1.29, 1.82) is 0 Å². The second-order valence-corrected chi connectivity index (χ2v) is 7.19. The molecule has 0 aliphatic carbocycles. The van der Waals surface area contributed by atoms with Gasteiger partial charge in [0.05, 0.1) is 0 Å². The molecule has 2 nitrogen and oxygen atoms in total. The predicted octanol–water partition coefficient (Wildman–Crippen LogP) is 4.01. The van der Waals surface area contributed by atoms with Crippen LogP contribution in [0.5, 0.6) is 0 Å². The van der Waals surface area contributed by atoms with Crippen molar-refractivity contribution in [2.75, 3.05) is 13.1 Å². The molecule has 118 valence electrons. The molecule has 21 heavy (non-hydrogen) atoms. The normalized spacial score (nSPS) is 25.2. The van der Waals surface area contributed by atoms with Crippen molar-refractivity contribution in [3.8, 4) is 0 Å². The Morgan fingerprint density at radius 3 is 2.43 bits per heavy atom. The average Bonchev–Trinajstić information content (AvgIpc) is 2.45. The first kappa shape index (κ1) is 16.5. The molecule has 1 aliphatic rings. The quantitative estimate of drug-likeness (QED) is 0.887. The van der Waals surface area contributed by atoms with Crippen molar-refractivity contribution in [3.63, 3.8) is 0 Å². The number of rotatable bonds is 5. The van der Waals surface area contributed by atoms with Crippen LogP contribution in [-0.2, 0) is 6.42 Å². The Labute approximate surface area is 130 Å². The van der Waals surface area contributed by atoms with E-state index < -0.39 is 0 Å². The van der Waals surface area contributed by atoms with E-state index in [-0.39, 0.29) is 0 Å². The second-order valence-electron chi connectivity index (χ2n) is 7.19. The third-order valence-corrected chi connectivity index (χ3v) is 5.05. The minimum atomic E-state index is 0.371. The van der Waals surface area contributed by atoms with Gasteiger partial charge in [0.25, 0.3) is 0 Å². The summed E-state index contributed by atoms with van der Waals surface area (Å²) in [5, 5.41) is 0. The second kappa shape index (κ2) is 7.42. The zero-order valence-electron chi connectivity index (χ0n) is 14.2. The fourth-order valence-electron chi connectivity index (χ4n) is 3.62. The van der Waals surface area contributed by atoms with Gasteiger partial charge in [0.2, 0.25) is 0 Å². The van der Waals surface area contributed by atoms with Gasteiger partial charge < -0.3 is 5.73 Å². The smallest absolute Gasteiger partial charge is 0.0473 e. The van der Waals surface area contributed by atoms with Crippen molar-refractivity contribution < 1.29 is 0 Å². The Morgan fingerprint density at radius 2 is 1.86 bits per heavy atom. The predicted molar refractivity (Wildman–Crippen MR) is 91.3 cm³/mol. The topological polar surface area (TPSA) is 29.3 Å². The molecule has 3 unspecified atom stereocenters. The van der Waals surface area contributed by atoms with Crippen LogP contribution in [0.3, 0.4) is 0 Å². The number of nitrogens with two attached hydrogens (primary N) is 1. The molecule has 3 atom stereocenters. The zero-order valence-corrected chi connectivity index (χ0v) is 14.2. The molecule has 2 N–H and O–H groups in total. The lowest BCUT2D eigenvalue weighted by Gasteiger charge is -2.42. The van der Waals surface area contributed by atoms with Crippen LogP contribution in [0.2, 0.25) is 0 Å². The number of hydrogen-bond donors (Lipinski definition) is 1. The third-order valence-electron chi connectivity index (χ3n) is 5.05. The van der Waals surface area contributed by atoms with Gasteiger partial charge in [-0.2, -0.15) is 0 Å². The monoisotopic (exact) mass is 288 g/mol. The number of hydrogen-bond acceptors (Lipinski definition) is 2. The summed E-state index contributed by atoms with van der Waals surface area (Å²) in [5.74, 6) is 1.48. The summed E-state index contributed by atoms with van der Waals surface area (Å²) in [4.78, 5) is 2.62. The van der Waals surface area contributed by atoms with E-state index in [4.69, 9.17) is 5.73 Å². The first-order valence-corrected chi connectivity index (χ1v) is 8.57. The van der Waals surface area contributed by atoms with Crippen LogP contribution < -0.4 is 5.73 Å². The van der Waals surface area contributed by atoms with Gasteiger partial charge in [-0.15, -0.1) is 0 Å². The Bertz CT molecular complexity index is 424. The third kappa shape index (κ3) is 4.08. The van der Waals surface area contributed by atoms with E-state index in [9.17, 15) is 0 Å². The molecule has 0 amide bonds. The number of likely N-dealkylation sites (tertiary alicyclic amines) is 1. The lowest BCUT2D eigenvalue weighted by molar-refractivity contribution is 0.0709. The van der Waals surface area contributed by atoms with Gasteiger partial charge in [-0.3, -0.25) is 4.90 Å². The van der Waals surface area contributed by atoms with Gasteiger partial charge in [0, 0.05) is 18.6 Å². The van der Waals surface area contributed by atoms with E-state index in [1.165, 1.54) is 30.5 Å². The van der Waals surface area contributed by atoms with E-state index in [2.05, 4.69) is 56.9 Å². The van der Waals surface area contributed by atoms with Gasteiger partial charge in [-0.25, -0.2) is 0 Å². The van der Waals surface area contributed by atoms with E-state index >= 15 is 0 Å². The van der Waals surface area contributed by atoms with Crippen molar-refractivity contribution in [2.24, 2.45) is 17.6 Å². The maximum absolute atomic E-state index is 6.12. The molecular formula is C19H32N2. The fraction of sp³-hybridized carbons (Fsp3) is 0.684. The Balaban J connectivity index is 2.13. The van der Waals surface area contributed by atoms with Crippen LogP contribution >= 0.6 is 0 Å². The minimum Gasteiger partial charge on any atom is -0.329 e. The SMILES string of the molecule is CC(C)Cc1ccc(C(CN)N2CCCC(C)C2C)cc1. The van der Waals surface area contributed by atoms with Gasteiger partial charge in [-0.05, 0) is 55.7 Å². The highest BCUT2D eigenvalue weighted by molar-refractivity contribution is 5.26. The summed E-state index contributed by atoms with van der Waals surface area (Å²) >= 11 is 0. The Kier molecular flexibility index (Phi) is 5.83. The van der Waals surface area contributed by atoms with E-state index in [1.54, 1.807) is 0 Å². The van der Waals surface area contributed by atoms with Crippen LogP contribution in [0, 0.1) is 11.8 Å². The summed E-state index contributed by atoms with van der Waals surface area (Å²) in [6.07, 6.45) is 3.81. The molecule has 1 aromatic rings. The Morgan fingerprint density at radius 1 is 1.19 bits per heavy atom. The van der Waals surface area contributed by atoms with Crippen molar-refractivity contribution in [2.45, 2.75) is 59.0 Å². The van der Waals surface area contributed by atoms with E-state index in [0.717, 1.165) is 12.3 Å². The fourth-order valence-corrected chi connectivity index (χ4v) is 3.62. The molecular weight excluding hydrogens is 256 g/mol. The zero-order chi connectivity index (χ0) is 15.4. The maximum Gasteiger partial charge on any atom is 0.0473 e. The van der Waals surface area contributed by atoms with Crippen molar-refractivity contribution in [3.05, 3.63) is 35.4 Å². The van der Waals surface area contributed by atoms with Crippen LogP contribution in [0.15, 0.2) is 24.3 Å². The molecule has 1 fully saturated rings. The van der Waals surface area contributed by atoms with Crippen molar-refractivity contribution >= 4 is 0 Å². The molecule has 1 aromatic carbocycles. The molecule has 1 aliphatic heterocycles. The first-order valence-electron chi connectivity index (χ1n) is 8.57. The van der Waals surface area contributed by atoms with Gasteiger partial charge in [0.1, 0.15) is 0 Å². The highest BCUT2D eigenvalue weighted by Crippen LogP contribution is 2.31. The largest absolute Gasteiger partial charge is 0.329 e. The summed E-state index contributed by atoms with van der Waals surface area (Å²) in [6, 6.07) is 10.2. The minimum absolute atomic E-state index is 0.371. The maximum atomic E-state index is 6.12. The van der Waals surface area contributed by atoms with Crippen LogP contribution in [-0.4, -0.2) is 24.0 Å². The highest BCUT2D eigenvalue weighted by atomic mass is 15.2. The summed E-state index contributed by atoms with van der Waals surface area (Å²) in [7, 11) is 0. The van der Waals surface area contributed by atoms with Gasteiger partial charge in [0.15, 0.2) is 0 Å². The van der Waals surface area contributed by atoms with Gasteiger partial charge >= 0.3 is 0 Å². The molecule has 2 heteroatoms. The molecule has 0 bridgehead atoms. The number of nitrogens with zero attached hydrogens (tertiary/aromatic N) is 1. The van der Waals surface area contributed by atoms with Crippen LogP contribution in [0.25, 0.3) is 0 Å². The van der Waals surface area contributed by atoms with Crippen molar-refractivity contribution in [1.82, 2.24) is 4.90 Å². The molecule has 0 spiro atoms. The van der Waals surface area contributed by atoms with Gasteiger partial charge in [-0.1, -0.05) is 45.0 Å². The van der Waals surface area contributed by atoms with Crippen LogP contribution in [0.1, 0.15) is 57.7 Å². The molecule has 0 saturated carbocycles. The lowest BCUT2D eigenvalue weighted by Crippen LogP contribution is -2.46. The average molecular weight is 288 g/mol. The lowest BCUT2D eigenvalue weighted by atomic mass is 9.89. The standard InChI is InChI=1S/C19H32N2/c1-14(2)12-17-7-9-18(10-8-17)19(13-20)21-11-5-6-15(3)16(21)4/h7-10,14-16,19H,5-6,11-13,20H2,1-4H3. The molecule has 2 rings (SSSR count). The summed E-state index contributed by atoms with van der Waals surface area (Å²) in [6.45, 7) is 11.2. The molecule has 1 heterocycles. The molecule has 0 radical (unpaired) electrons. The summed E-state index contributed by atoms with van der Waals surface area (Å²) in [5.41, 5.74) is 8.94. The van der Waals surface area contributed by atoms with E-state index in [0.29, 0.717) is 24.5 Å². The highest BCUT2D eigenvalue weighted by Gasteiger charge is 2.30. The molecule has 1 saturated heterocycles. The van der Waals surface area contributed by atoms with E-state index in [1.807, 2.05) is 0 Å². The molecule has 0 aromatic heterocycles. The Hall–Kier alpha value is -0.860. The number of benzene rings is 1. The summed E-state index contributed by atoms with van der Waals surface area (Å²) < 4.78 is 0.